The molecular formula is C11H22N2O. The third-order valence-corrected chi connectivity index (χ3v) is 3.11. The monoisotopic (exact) mass is 198 g/mol. The van der Waals surface area contributed by atoms with E-state index in [2.05, 4.69) is 31.4 Å². The van der Waals surface area contributed by atoms with Crippen molar-refractivity contribution in [3.8, 4) is 0 Å². The summed E-state index contributed by atoms with van der Waals surface area (Å²) in [5.74, 6) is 1.36. The lowest BCUT2D eigenvalue weighted by atomic mass is 9.98. The topological polar surface area (TPSA) is 41.1 Å². The van der Waals surface area contributed by atoms with Crippen LogP contribution in [0, 0.1) is 11.8 Å². The molecule has 1 rings (SSSR count). The predicted octanol–water partition coefficient (Wildman–Crippen LogP) is 1.15. The van der Waals surface area contributed by atoms with E-state index in [9.17, 15) is 4.79 Å². The molecule has 0 aromatic rings. The van der Waals surface area contributed by atoms with Gasteiger partial charge in [-0.25, -0.2) is 0 Å². The Labute approximate surface area is 86.6 Å². The molecule has 1 amide bonds. The van der Waals surface area contributed by atoms with Crippen molar-refractivity contribution >= 4 is 5.91 Å². The van der Waals surface area contributed by atoms with Crippen LogP contribution in [0.15, 0.2) is 0 Å². The van der Waals surface area contributed by atoms with E-state index in [1.807, 2.05) is 0 Å². The van der Waals surface area contributed by atoms with Crippen LogP contribution in [-0.4, -0.2) is 25.0 Å². The third kappa shape index (κ3) is 3.29. The summed E-state index contributed by atoms with van der Waals surface area (Å²) >= 11 is 0. The molecule has 0 aliphatic carbocycles. The zero-order valence-electron chi connectivity index (χ0n) is 9.47. The Morgan fingerprint density at radius 3 is 2.71 bits per heavy atom. The van der Waals surface area contributed by atoms with Crippen molar-refractivity contribution in [1.29, 1.82) is 0 Å². The number of amides is 1. The fourth-order valence-electron chi connectivity index (χ4n) is 1.53. The molecule has 1 fully saturated rings. The summed E-state index contributed by atoms with van der Waals surface area (Å²) < 4.78 is 0. The fraction of sp³-hybridized carbons (Fsp3) is 0.909. The summed E-state index contributed by atoms with van der Waals surface area (Å²) in [5.41, 5.74) is 0. The highest BCUT2D eigenvalue weighted by Gasteiger charge is 2.22. The summed E-state index contributed by atoms with van der Waals surface area (Å²) in [6.45, 7) is 8.33. The van der Waals surface area contributed by atoms with Crippen molar-refractivity contribution in [3.05, 3.63) is 0 Å². The van der Waals surface area contributed by atoms with Gasteiger partial charge in [0.2, 0.25) is 5.91 Å². The van der Waals surface area contributed by atoms with E-state index in [0.29, 0.717) is 11.8 Å². The van der Waals surface area contributed by atoms with E-state index >= 15 is 0 Å². The maximum atomic E-state index is 11.6. The van der Waals surface area contributed by atoms with Gasteiger partial charge in [-0.05, 0) is 31.2 Å². The summed E-state index contributed by atoms with van der Waals surface area (Å²) in [6.07, 6.45) is 2.11. The van der Waals surface area contributed by atoms with Gasteiger partial charge in [0, 0.05) is 6.54 Å². The smallest absolute Gasteiger partial charge is 0.237 e. The molecule has 0 saturated carbocycles. The molecule has 0 radical (unpaired) electrons. The summed E-state index contributed by atoms with van der Waals surface area (Å²) in [4.78, 5) is 11.6. The molecule has 1 aliphatic heterocycles. The maximum Gasteiger partial charge on any atom is 0.237 e. The van der Waals surface area contributed by atoms with E-state index in [-0.39, 0.29) is 11.9 Å². The maximum absolute atomic E-state index is 11.6. The number of rotatable bonds is 4. The minimum atomic E-state index is 0.0642. The van der Waals surface area contributed by atoms with Crippen molar-refractivity contribution in [2.24, 2.45) is 11.8 Å². The van der Waals surface area contributed by atoms with Gasteiger partial charge in [-0.3, -0.25) is 4.79 Å². The predicted molar refractivity (Wildman–Crippen MR) is 58.0 cm³/mol. The van der Waals surface area contributed by atoms with Crippen molar-refractivity contribution in [3.63, 3.8) is 0 Å². The first-order chi connectivity index (χ1) is 6.61. The summed E-state index contributed by atoms with van der Waals surface area (Å²) in [6, 6.07) is 0.0642. The lowest BCUT2D eigenvalue weighted by Gasteiger charge is -2.18. The minimum Gasteiger partial charge on any atom is -0.354 e. The van der Waals surface area contributed by atoms with Gasteiger partial charge in [0.05, 0.1) is 6.04 Å². The molecule has 0 aromatic heterocycles. The van der Waals surface area contributed by atoms with Crippen LogP contribution in [0.4, 0.5) is 0 Å². The number of nitrogens with one attached hydrogen (secondary N) is 2. The first kappa shape index (κ1) is 11.5. The van der Waals surface area contributed by atoms with Crippen molar-refractivity contribution in [2.45, 2.75) is 39.7 Å². The van der Waals surface area contributed by atoms with Crippen LogP contribution in [0.5, 0.6) is 0 Å². The summed E-state index contributed by atoms with van der Waals surface area (Å²) in [7, 11) is 0. The molecule has 0 aromatic carbocycles. The quantitative estimate of drug-likeness (QED) is 0.711. The molecule has 1 heterocycles. The number of hydrogen-bond acceptors (Lipinski definition) is 2. The number of hydrogen-bond donors (Lipinski definition) is 2. The highest BCUT2D eigenvalue weighted by Crippen LogP contribution is 2.09. The third-order valence-electron chi connectivity index (χ3n) is 3.11. The van der Waals surface area contributed by atoms with Gasteiger partial charge in [-0.1, -0.05) is 20.8 Å². The Morgan fingerprint density at radius 2 is 2.21 bits per heavy atom. The van der Waals surface area contributed by atoms with E-state index in [4.69, 9.17) is 0 Å². The molecule has 14 heavy (non-hydrogen) atoms. The molecule has 2 atom stereocenters. The molecule has 1 unspecified atom stereocenters. The average molecular weight is 198 g/mol. The van der Waals surface area contributed by atoms with Crippen LogP contribution in [-0.2, 0) is 4.79 Å². The lowest BCUT2D eigenvalue weighted by Crippen LogP contribution is -2.42. The van der Waals surface area contributed by atoms with Crippen LogP contribution in [0.3, 0.4) is 0 Å². The fourth-order valence-corrected chi connectivity index (χ4v) is 1.53. The van der Waals surface area contributed by atoms with Crippen LogP contribution >= 0.6 is 0 Å². The van der Waals surface area contributed by atoms with Gasteiger partial charge in [-0.2, -0.15) is 0 Å². The Morgan fingerprint density at radius 1 is 1.50 bits per heavy atom. The van der Waals surface area contributed by atoms with Gasteiger partial charge >= 0.3 is 0 Å². The van der Waals surface area contributed by atoms with E-state index in [1.54, 1.807) is 0 Å². The largest absolute Gasteiger partial charge is 0.354 e. The van der Waals surface area contributed by atoms with Crippen molar-refractivity contribution in [1.82, 2.24) is 10.6 Å². The SMILES string of the molecule is CC(C)C(C)CNC(=O)[C@@H]1CCCN1. The van der Waals surface area contributed by atoms with Gasteiger partial charge in [0.15, 0.2) is 0 Å². The molecule has 3 heteroatoms. The van der Waals surface area contributed by atoms with Gasteiger partial charge in [0.1, 0.15) is 0 Å². The number of carbonyl (C=O) groups excluding carboxylic acids is 1. The van der Waals surface area contributed by atoms with Crippen LogP contribution in [0.2, 0.25) is 0 Å². The Balaban J connectivity index is 2.20. The second-order valence-electron chi connectivity index (χ2n) is 4.62. The van der Waals surface area contributed by atoms with Crippen LogP contribution < -0.4 is 10.6 Å². The Kier molecular flexibility index (Phi) is 4.39. The normalized spacial score (nSPS) is 23.9. The Hall–Kier alpha value is -0.570. The van der Waals surface area contributed by atoms with Crippen molar-refractivity contribution in [2.75, 3.05) is 13.1 Å². The average Bonchev–Trinajstić information content (AvgIpc) is 2.66. The van der Waals surface area contributed by atoms with Crippen LogP contribution in [0.25, 0.3) is 0 Å². The van der Waals surface area contributed by atoms with E-state index in [0.717, 1.165) is 25.9 Å². The highest BCUT2D eigenvalue weighted by molar-refractivity contribution is 5.81. The molecule has 2 N–H and O–H groups in total. The molecule has 82 valence electrons. The van der Waals surface area contributed by atoms with Gasteiger partial charge in [-0.15, -0.1) is 0 Å². The Bertz CT molecular complexity index is 186. The number of carbonyl (C=O) groups is 1. The van der Waals surface area contributed by atoms with Crippen molar-refractivity contribution < 1.29 is 4.79 Å². The highest BCUT2D eigenvalue weighted by atomic mass is 16.2. The van der Waals surface area contributed by atoms with Gasteiger partial charge < -0.3 is 10.6 Å². The molecule has 0 spiro atoms. The standard InChI is InChI=1S/C11H22N2O/c1-8(2)9(3)7-13-11(14)10-5-4-6-12-10/h8-10,12H,4-7H2,1-3H3,(H,13,14)/t9?,10-/m0/s1. The second kappa shape index (κ2) is 5.35. The minimum absolute atomic E-state index is 0.0642. The van der Waals surface area contributed by atoms with Crippen LogP contribution in [0.1, 0.15) is 33.6 Å². The second-order valence-corrected chi connectivity index (χ2v) is 4.62. The molecular weight excluding hydrogens is 176 g/mol. The molecule has 1 aliphatic rings. The molecule has 1 saturated heterocycles. The first-order valence-corrected chi connectivity index (χ1v) is 5.62. The van der Waals surface area contributed by atoms with E-state index in [1.165, 1.54) is 0 Å². The molecule has 0 bridgehead atoms. The molecule has 3 nitrogen and oxygen atoms in total. The first-order valence-electron chi connectivity index (χ1n) is 5.62. The van der Waals surface area contributed by atoms with E-state index < -0.39 is 0 Å². The lowest BCUT2D eigenvalue weighted by molar-refractivity contribution is -0.123. The zero-order chi connectivity index (χ0) is 10.6. The zero-order valence-corrected chi connectivity index (χ0v) is 9.47. The summed E-state index contributed by atoms with van der Waals surface area (Å²) in [5, 5.41) is 6.20. The van der Waals surface area contributed by atoms with Gasteiger partial charge in [0.25, 0.3) is 0 Å².